The summed E-state index contributed by atoms with van der Waals surface area (Å²) in [6.07, 6.45) is 9.43. The van der Waals surface area contributed by atoms with E-state index in [1.165, 1.54) is 49.8 Å². The van der Waals surface area contributed by atoms with Gasteiger partial charge in [0.15, 0.2) is 0 Å². The molecule has 1 aromatic carbocycles. The predicted molar refractivity (Wildman–Crippen MR) is 102 cm³/mol. The van der Waals surface area contributed by atoms with Crippen molar-refractivity contribution in [3.8, 4) is 0 Å². The first-order chi connectivity index (χ1) is 11.8. The topological polar surface area (TPSA) is 29.0 Å². The highest BCUT2D eigenvalue weighted by molar-refractivity contribution is 9.10. The minimum Gasteiger partial charge on any atom is -0.370 e. The maximum atomic E-state index is 4.66. The molecular formula is C20H20BrN3. The molecule has 24 heavy (non-hydrogen) atoms. The van der Waals surface area contributed by atoms with E-state index in [2.05, 4.69) is 49.0 Å². The highest BCUT2D eigenvalue weighted by Crippen LogP contribution is 2.40. The minimum atomic E-state index is 0.884. The zero-order valence-electron chi connectivity index (χ0n) is 13.6. The molecule has 3 aromatic rings. The largest absolute Gasteiger partial charge is 0.370 e. The van der Waals surface area contributed by atoms with Gasteiger partial charge < -0.3 is 4.90 Å². The van der Waals surface area contributed by atoms with E-state index in [0.29, 0.717) is 0 Å². The number of pyridine rings is 2. The lowest BCUT2D eigenvalue weighted by molar-refractivity contribution is 0.299. The van der Waals surface area contributed by atoms with Gasteiger partial charge in [-0.1, -0.05) is 34.8 Å². The molecule has 0 amide bonds. The van der Waals surface area contributed by atoms with Crippen LogP contribution >= 0.6 is 15.9 Å². The van der Waals surface area contributed by atoms with Crippen molar-refractivity contribution in [2.45, 2.75) is 25.7 Å². The van der Waals surface area contributed by atoms with Crippen LogP contribution < -0.4 is 4.90 Å². The lowest BCUT2D eigenvalue weighted by atomic mass is 9.82. The van der Waals surface area contributed by atoms with E-state index in [-0.39, 0.29) is 0 Å². The molecule has 1 saturated carbocycles. The molecule has 2 aliphatic rings. The third-order valence-electron chi connectivity index (χ3n) is 5.86. The summed E-state index contributed by atoms with van der Waals surface area (Å²) < 4.78 is 1.08. The number of aromatic nitrogens is 2. The first-order valence-corrected chi connectivity index (χ1v) is 9.67. The molecule has 1 aliphatic carbocycles. The van der Waals surface area contributed by atoms with Crippen molar-refractivity contribution < 1.29 is 0 Å². The molecule has 0 bridgehead atoms. The molecule has 2 fully saturated rings. The molecule has 2 aromatic heterocycles. The number of fused-ring (bicyclic) bond motifs is 4. The average molecular weight is 382 g/mol. The van der Waals surface area contributed by atoms with E-state index in [0.717, 1.165) is 32.7 Å². The van der Waals surface area contributed by atoms with Gasteiger partial charge in [0.25, 0.3) is 0 Å². The molecule has 0 radical (unpaired) electrons. The van der Waals surface area contributed by atoms with E-state index >= 15 is 0 Å². The van der Waals surface area contributed by atoms with Gasteiger partial charge in [0.05, 0.1) is 11.0 Å². The normalized spacial score (nSPS) is 23.8. The van der Waals surface area contributed by atoms with Crippen LogP contribution in [0.3, 0.4) is 0 Å². The van der Waals surface area contributed by atoms with Crippen molar-refractivity contribution in [2.24, 2.45) is 11.8 Å². The SMILES string of the molecule is Brc1ccnc2c1ccc1c(N3CC4CCCCC4C3)ccnc12. The molecule has 1 aliphatic heterocycles. The number of hydrogen-bond donors (Lipinski definition) is 0. The molecule has 2 unspecified atom stereocenters. The van der Waals surface area contributed by atoms with E-state index < -0.39 is 0 Å². The number of nitrogens with zero attached hydrogens (tertiary/aromatic N) is 3. The molecule has 5 rings (SSSR count). The maximum Gasteiger partial charge on any atom is 0.0985 e. The smallest absolute Gasteiger partial charge is 0.0985 e. The summed E-state index contributed by atoms with van der Waals surface area (Å²) in [5, 5.41) is 2.36. The Balaban J connectivity index is 1.64. The van der Waals surface area contributed by atoms with Crippen LogP contribution in [0.5, 0.6) is 0 Å². The van der Waals surface area contributed by atoms with Crippen LogP contribution in [0.2, 0.25) is 0 Å². The van der Waals surface area contributed by atoms with Gasteiger partial charge in [0.1, 0.15) is 0 Å². The van der Waals surface area contributed by atoms with Crippen LogP contribution in [0.1, 0.15) is 25.7 Å². The van der Waals surface area contributed by atoms with Gasteiger partial charge in [0.2, 0.25) is 0 Å². The monoisotopic (exact) mass is 381 g/mol. The Hall–Kier alpha value is -1.68. The lowest BCUT2D eigenvalue weighted by Crippen LogP contribution is -2.20. The lowest BCUT2D eigenvalue weighted by Gasteiger charge is -2.22. The fraction of sp³-hybridized carbons (Fsp3) is 0.400. The highest BCUT2D eigenvalue weighted by Gasteiger charge is 2.34. The Bertz CT molecular complexity index is 909. The van der Waals surface area contributed by atoms with Gasteiger partial charge in [-0.25, -0.2) is 0 Å². The van der Waals surface area contributed by atoms with E-state index in [4.69, 9.17) is 0 Å². The summed E-state index contributed by atoms with van der Waals surface area (Å²) in [6, 6.07) is 8.56. The zero-order chi connectivity index (χ0) is 16.1. The van der Waals surface area contributed by atoms with Crippen molar-refractivity contribution in [1.29, 1.82) is 0 Å². The first kappa shape index (κ1) is 14.6. The van der Waals surface area contributed by atoms with Crippen molar-refractivity contribution in [3.63, 3.8) is 0 Å². The fourth-order valence-electron chi connectivity index (χ4n) is 4.66. The Kier molecular flexibility index (Phi) is 3.47. The van der Waals surface area contributed by atoms with Crippen LogP contribution in [0.4, 0.5) is 5.69 Å². The number of halogens is 1. The number of hydrogen-bond acceptors (Lipinski definition) is 3. The summed E-state index contributed by atoms with van der Waals surface area (Å²) in [7, 11) is 0. The first-order valence-electron chi connectivity index (χ1n) is 8.88. The number of anilines is 1. The van der Waals surface area contributed by atoms with Gasteiger partial charge >= 0.3 is 0 Å². The highest BCUT2D eigenvalue weighted by atomic mass is 79.9. The van der Waals surface area contributed by atoms with Gasteiger partial charge in [-0.2, -0.15) is 0 Å². The number of benzene rings is 1. The van der Waals surface area contributed by atoms with Crippen molar-refractivity contribution >= 4 is 43.4 Å². The molecule has 0 spiro atoms. The Morgan fingerprint density at radius 1 is 0.833 bits per heavy atom. The van der Waals surface area contributed by atoms with Gasteiger partial charge in [0, 0.05) is 46.4 Å². The molecule has 2 atom stereocenters. The van der Waals surface area contributed by atoms with Gasteiger partial charge in [-0.15, -0.1) is 0 Å². The van der Waals surface area contributed by atoms with Crippen molar-refractivity contribution in [2.75, 3.05) is 18.0 Å². The summed E-state index contributed by atoms with van der Waals surface area (Å²) in [4.78, 5) is 11.9. The second kappa shape index (κ2) is 5.69. The van der Waals surface area contributed by atoms with Gasteiger partial charge in [-0.3, -0.25) is 9.97 Å². The average Bonchev–Trinajstić information content (AvgIpc) is 3.05. The summed E-state index contributed by atoms with van der Waals surface area (Å²) in [5.74, 6) is 1.77. The van der Waals surface area contributed by atoms with E-state index in [1.54, 1.807) is 0 Å². The fourth-order valence-corrected chi connectivity index (χ4v) is 5.10. The summed E-state index contributed by atoms with van der Waals surface area (Å²) in [5.41, 5.74) is 3.33. The van der Waals surface area contributed by atoms with E-state index in [1.807, 2.05) is 18.5 Å². The Labute approximate surface area is 150 Å². The third kappa shape index (κ3) is 2.23. The standard InChI is InChI=1S/C20H20BrN3/c21-17-7-9-22-19-15(17)5-6-16-18(8-10-23-20(16)19)24-11-13-3-1-2-4-14(13)12-24/h5-10,13-14H,1-4,11-12H2. The van der Waals surface area contributed by atoms with Gasteiger partial charge in [-0.05, 0) is 42.9 Å². The second-order valence-electron chi connectivity index (χ2n) is 7.19. The molecule has 3 nitrogen and oxygen atoms in total. The quantitative estimate of drug-likeness (QED) is 0.544. The molecule has 0 N–H and O–H groups in total. The maximum absolute atomic E-state index is 4.66. The van der Waals surface area contributed by atoms with Crippen LogP contribution in [-0.4, -0.2) is 23.1 Å². The molecular weight excluding hydrogens is 362 g/mol. The van der Waals surface area contributed by atoms with Crippen molar-refractivity contribution in [3.05, 3.63) is 41.1 Å². The molecule has 1 saturated heterocycles. The third-order valence-corrected chi connectivity index (χ3v) is 6.55. The van der Waals surface area contributed by atoms with Crippen molar-refractivity contribution in [1.82, 2.24) is 9.97 Å². The zero-order valence-corrected chi connectivity index (χ0v) is 15.2. The number of rotatable bonds is 1. The minimum absolute atomic E-state index is 0.884. The summed E-state index contributed by atoms with van der Waals surface area (Å²) in [6.45, 7) is 2.40. The van der Waals surface area contributed by atoms with Crippen LogP contribution in [0.15, 0.2) is 41.1 Å². The molecule has 122 valence electrons. The van der Waals surface area contributed by atoms with Crippen LogP contribution in [0.25, 0.3) is 21.8 Å². The molecule has 3 heterocycles. The second-order valence-corrected chi connectivity index (χ2v) is 8.04. The van der Waals surface area contributed by atoms with E-state index in [9.17, 15) is 0 Å². The molecule has 4 heteroatoms. The van der Waals surface area contributed by atoms with Crippen LogP contribution in [0, 0.1) is 11.8 Å². The summed E-state index contributed by atoms with van der Waals surface area (Å²) >= 11 is 3.63. The Morgan fingerprint density at radius 2 is 1.46 bits per heavy atom. The predicted octanol–water partition coefficient (Wildman–Crippen LogP) is 5.17. The Morgan fingerprint density at radius 3 is 2.21 bits per heavy atom. The van der Waals surface area contributed by atoms with Crippen LogP contribution in [-0.2, 0) is 0 Å².